The molecule has 1 amide bonds. The third-order valence-electron chi connectivity index (χ3n) is 4.70. The Labute approximate surface area is 162 Å². The van der Waals surface area contributed by atoms with Crippen molar-refractivity contribution in [1.82, 2.24) is 19.5 Å². The van der Waals surface area contributed by atoms with E-state index < -0.39 is 26.8 Å². The number of hydrogen-bond donors (Lipinski definition) is 2. The summed E-state index contributed by atoms with van der Waals surface area (Å²) >= 11 is 0. The zero-order valence-corrected chi connectivity index (χ0v) is 16.6. The number of hydrogen-bond acceptors (Lipinski definition) is 6. The maximum absolute atomic E-state index is 13.4. The van der Waals surface area contributed by atoms with Crippen LogP contribution in [0, 0.1) is 0 Å². The van der Waals surface area contributed by atoms with Crippen molar-refractivity contribution in [2.45, 2.75) is 31.2 Å². The molecule has 2 N–H and O–H groups in total. The second kappa shape index (κ2) is 7.47. The Bertz CT molecular complexity index is 958. The van der Waals surface area contributed by atoms with Crippen LogP contribution in [0.2, 0.25) is 0 Å². The van der Waals surface area contributed by atoms with Gasteiger partial charge >= 0.3 is 0 Å². The molecule has 152 valence electrons. The molecule has 1 saturated heterocycles. The maximum atomic E-state index is 13.4. The molecule has 1 aromatic carbocycles. The lowest BCUT2D eigenvalue weighted by Crippen LogP contribution is -2.51. The molecule has 1 atom stereocenters. The molecule has 1 unspecified atom stereocenters. The minimum absolute atomic E-state index is 0.0520. The number of carbonyl (C=O) groups is 1. The first-order valence-corrected chi connectivity index (χ1v) is 10.1. The van der Waals surface area contributed by atoms with E-state index in [-0.39, 0.29) is 25.5 Å². The van der Waals surface area contributed by atoms with Crippen LogP contribution in [0.5, 0.6) is 5.75 Å². The highest BCUT2D eigenvalue weighted by Crippen LogP contribution is 2.27. The summed E-state index contributed by atoms with van der Waals surface area (Å²) in [6, 6.07) is 7.03. The number of methoxy groups -OCH3 is 1. The highest BCUT2D eigenvalue weighted by molar-refractivity contribution is 7.91. The summed E-state index contributed by atoms with van der Waals surface area (Å²) < 4.78 is 43.2. The Hall–Kier alpha value is -2.53. The first-order chi connectivity index (χ1) is 13.1. The molecule has 1 aromatic heterocycles. The summed E-state index contributed by atoms with van der Waals surface area (Å²) in [6.07, 6.45) is -1.09. The summed E-state index contributed by atoms with van der Waals surface area (Å²) in [4.78, 5) is 16.8. The molecular weight excluding hydrogens is 389 g/mol. The van der Waals surface area contributed by atoms with E-state index in [1.165, 1.54) is 13.8 Å². The van der Waals surface area contributed by atoms with Gasteiger partial charge in [0.05, 0.1) is 7.11 Å². The van der Waals surface area contributed by atoms with E-state index in [2.05, 4.69) is 20.5 Å². The molecule has 0 saturated carbocycles. The third kappa shape index (κ3) is 3.72. The molecule has 11 heteroatoms. The lowest BCUT2D eigenvalue weighted by molar-refractivity contribution is -0.118. The summed E-state index contributed by atoms with van der Waals surface area (Å²) in [5.41, 5.74) is 0.715. The number of halogens is 1. The largest absolute Gasteiger partial charge is 0.497 e. The number of sulfonamides is 1. The Morgan fingerprint density at radius 3 is 2.61 bits per heavy atom. The zero-order valence-electron chi connectivity index (χ0n) is 15.8. The monoisotopic (exact) mass is 411 g/mol. The molecule has 28 heavy (non-hydrogen) atoms. The van der Waals surface area contributed by atoms with Crippen LogP contribution in [-0.4, -0.2) is 64.9 Å². The highest BCUT2D eigenvalue weighted by Gasteiger charge is 2.47. The Morgan fingerprint density at radius 1 is 1.36 bits per heavy atom. The van der Waals surface area contributed by atoms with Crippen molar-refractivity contribution in [3.05, 3.63) is 24.3 Å². The van der Waals surface area contributed by atoms with Gasteiger partial charge in [-0.3, -0.25) is 15.2 Å². The molecule has 0 bridgehead atoms. The van der Waals surface area contributed by atoms with Gasteiger partial charge in [-0.2, -0.15) is 9.29 Å². The lowest BCUT2D eigenvalue weighted by atomic mass is 10.2. The van der Waals surface area contributed by atoms with Gasteiger partial charge in [0, 0.05) is 18.7 Å². The number of carbonyl (C=O) groups excluding carboxylic acids is 1. The van der Waals surface area contributed by atoms with Gasteiger partial charge in [-0.15, -0.1) is 5.10 Å². The number of amides is 1. The number of anilines is 1. The van der Waals surface area contributed by atoms with E-state index in [4.69, 9.17) is 4.74 Å². The predicted molar refractivity (Wildman–Crippen MR) is 101 cm³/mol. The van der Waals surface area contributed by atoms with Gasteiger partial charge in [-0.1, -0.05) is 0 Å². The quantitative estimate of drug-likeness (QED) is 0.745. The number of aromatic amines is 1. The number of H-pyrrole nitrogens is 1. The van der Waals surface area contributed by atoms with E-state index in [1.54, 1.807) is 31.4 Å². The van der Waals surface area contributed by atoms with Crippen LogP contribution in [0.25, 0.3) is 11.4 Å². The second-order valence-corrected chi connectivity index (χ2v) is 9.44. The number of alkyl halides is 1. The SMILES string of the molecule is COc1ccc(-c2nc(NC(=O)C(C)(C)S(=O)(=O)N3CCC(F)C3)n[nH]2)cc1. The first-order valence-electron chi connectivity index (χ1n) is 8.67. The van der Waals surface area contributed by atoms with E-state index >= 15 is 0 Å². The first kappa shape index (κ1) is 20.2. The van der Waals surface area contributed by atoms with Crippen LogP contribution in [0.15, 0.2) is 24.3 Å². The van der Waals surface area contributed by atoms with Crippen LogP contribution in [0.1, 0.15) is 20.3 Å². The summed E-state index contributed by atoms with van der Waals surface area (Å²) in [5.74, 6) is 0.235. The Balaban J connectivity index is 1.74. The lowest BCUT2D eigenvalue weighted by Gasteiger charge is -2.28. The van der Waals surface area contributed by atoms with E-state index in [0.29, 0.717) is 17.1 Å². The van der Waals surface area contributed by atoms with Crippen molar-refractivity contribution < 1.29 is 22.3 Å². The van der Waals surface area contributed by atoms with Crippen molar-refractivity contribution in [2.75, 3.05) is 25.5 Å². The molecular formula is C17H22FN5O4S. The fraction of sp³-hybridized carbons (Fsp3) is 0.471. The van der Waals surface area contributed by atoms with Gasteiger partial charge in [0.15, 0.2) is 10.6 Å². The number of rotatable bonds is 6. The highest BCUT2D eigenvalue weighted by atomic mass is 32.2. The number of ether oxygens (including phenoxy) is 1. The van der Waals surface area contributed by atoms with Crippen molar-refractivity contribution in [3.63, 3.8) is 0 Å². The fourth-order valence-corrected chi connectivity index (χ4v) is 4.43. The van der Waals surface area contributed by atoms with Gasteiger partial charge in [-0.05, 0) is 44.5 Å². The van der Waals surface area contributed by atoms with Gasteiger partial charge in [0.1, 0.15) is 11.9 Å². The Kier molecular flexibility index (Phi) is 5.39. The van der Waals surface area contributed by atoms with E-state index in [1.807, 2.05) is 0 Å². The fourth-order valence-electron chi connectivity index (χ4n) is 2.79. The number of nitrogens with zero attached hydrogens (tertiary/aromatic N) is 3. The molecule has 1 fully saturated rings. The second-order valence-electron chi connectivity index (χ2n) is 6.95. The molecule has 3 rings (SSSR count). The average molecular weight is 411 g/mol. The maximum Gasteiger partial charge on any atom is 0.249 e. The molecule has 9 nitrogen and oxygen atoms in total. The number of nitrogens with one attached hydrogen (secondary N) is 2. The standard InChI is InChI=1S/C17H22FN5O4S/c1-17(2,28(25,26)23-9-8-12(18)10-23)15(24)20-16-19-14(21-22-16)11-4-6-13(27-3)7-5-11/h4-7,12H,8-10H2,1-3H3,(H2,19,20,21,22,24). The molecule has 0 aliphatic carbocycles. The summed E-state index contributed by atoms with van der Waals surface area (Å²) in [5, 5.41) is 9.02. The number of benzene rings is 1. The van der Waals surface area contributed by atoms with Crippen LogP contribution >= 0.6 is 0 Å². The average Bonchev–Trinajstić information content (AvgIpc) is 3.31. The van der Waals surface area contributed by atoms with Crippen molar-refractivity contribution in [1.29, 1.82) is 0 Å². The molecule has 1 aliphatic heterocycles. The molecule has 0 spiro atoms. The van der Waals surface area contributed by atoms with Crippen LogP contribution < -0.4 is 10.1 Å². The zero-order chi connectivity index (χ0) is 20.5. The topological polar surface area (TPSA) is 117 Å². The van der Waals surface area contributed by atoms with Gasteiger partial charge in [-0.25, -0.2) is 12.8 Å². The summed E-state index contributed by atoms with van der Waals surface area (Å²) in [7, 11) is -2.48. The van der Waals surface area contributed by atoms with Crippen molar-refractivity contribution in [3.8, 4) is 17.1 Å². The van der Waals surface area contributed by atoms with Crippen LogP contribution in [0.3, 0.4) is 0 Å². The smallest absolute Gasteiger partial charge is 0.249 e. The molecule has 2 heterocycles. The van der Waals surface area contributed by atoms with Crippen molar-refractivity contribution in [2.24, 2.45) is 0 Å². The van der Waals surface area contributed by atoms with Crippen LogP contribution in [-0.2, 0) is 14.8 Å². The van der Waals surface area contributed by atoms with E-state index in [0.717, 1.165) is 4.31 Å². The molecule has 1 aliphatic rings. The van der Waals surface area contributed by atoms with Crippen LogP contribution in [0.4, 0.5) is 10.3 Å². The minimum Gasteiger partial charge on any atom is -0.497 e. The normalized spacial score (nSPS) is 18.2. The van der Waals surface area contributed by atoms with Gasteiger partial charge < -0.3 is 4.74 Å². The van der Waals surface area contributed by atoms with Crippen molar-refractivity contribution >= 4 is 21.9 Å². The third-order valence-corrected chi connectivity index (χ3v) is 7.19. The minimum atomic E-state index is -4.04. The van der Waals surface area contributed by atoms with Gasteiger partial charge in [0.25, 0.3) is 0 Å². The van der Waals surface area contributed by atoms with E-state index in [9.17, 15) is 17.6 Å². The Morgan fingerprint density at radius 2 is 2.04 bits per heavy atom. The molecule has 2 aromatic rings. The molecule has 0 radical (unpaired) electrons. The predicted octanol–water partition coefficient (Wildman–Crippen LogP) is 1.57. The summed E-state index contributed by atoms with van der Waals surface area (Å²) in [6.45, 7) is 2.38. The number of aromatic nitrogens is 3. The van der Waals surface area contributed by atoms with Gasteiger partial charge in [0.2, 0.25) is 21.9 Å².